The molecule has 7 heteroatoms. The monoisotopic (exact) mass is 545 g/mol. The van der Waals surface area contributed by atoms with Gasteiger partial charge in [-0.1, -0.05) is 43.3 Å². The van der Waals surface area contributed by atoms with Crippen LogP contribution in [0.1, 0.15) is 46.4 Å². The summed E-state index contributed by atoms with van der Waals surface area (Å²) in [4.78, 5) is 23.2. The number of piperazine rings is 1. The number of hydrogen-bond donors (Lipinski definition) is 2. The number of carbonyl (C=O) groups is 1. The molecule has 0 spiro atoms. The molecule has 2 fully saturated rings. The number of anilines is 2. The van der Waals surface area contributed by atoms with Crippen molar-refractivity contribution in [3.63, 3.8) is 0 Å². The Kier molecular flexibility index (Phi) is 6.69. The van der Waals surface area contributed by atoms with Gasteiger partial charge in [-0.25, -0.2) is 4.98 Å². The van der Waals surface area contributed by atoms with Gasteiger partial charge in [0.25, 0.3) is 5.91 Å². The molecule has 3 aromatic carbocycles. The molecular formula is C34H35N5O2. The molecule has 1 aromatic heterocycles. The average molecular weight is 546 g/mol. The van der Waals surface area contributed by atoms with Gasteiger partial charge in [-0.05, 0) is 66.1 Å². The molecule has 7 nitrogen and oxygen atoms in total. The number of pyridine rings is 1. The van der Waals surface area contributed by atoms with E-state index in [1.807, 2.05) is 42.5 Å². The number of allylic oxidation sites excluding steroid dienone is 1. The van der Waals surface area contributed by atoms with Crippen LogP contribution in [0.4, 0.5) is 11.4 Å². The zero-order valence-electron chi connectivity index (χ0n) is 23.6. The van der Waals surface area contributed by atoms with Gasteiger partial charge in [-0.15, -0.1) is 0 Å². The molecule has 2 N–H and O–H groups in total. The van der Waals surface area contributed by atoms with E-state index in [1.165, 1.54) is 16.7 Å². The summed E-state index contributed by atoms with van der Waals surface area (Å²) in [7, 11) is 1.67. The highest BCUT2D eigenvalue weighted by Gasteiger charge is 2.40. The Bertz CT molecular complexity index is 1650. The molecule has 1 unspecified atom stereocenters. The lowest BCUT2D eigenvalue weighted by Gasteiger charge is -2.34. The van der Waals surface area contributed by atoms with Crippen molar-refractivity contribution in [1.29, 1.82) is 0 Å². The second-order valence-electron chi connectivity index (χ2n) is 11.2. The van der Waals surface area contributed by atoms with E-state index in [1.54, 1.807) is 7.11 Å². The normalized spacial score (nSPS) is 18.4. The van der Waals surface area contributed by atoms with Crippen molar-refractivity contribution < 1.29 is 9.53 Å². The summed E-state index contributed by atoms with van der Waals surface area (Å²) >= 11 is 0. The molecule has 1 saturated heterocycles. The van der Waals surface area contributed by atoms with Crippen LogP contribution in [-0.2, 0) is 6.54 Å². The van der Waals surface area contributed by atoms with Crippen LogP contribution in [0.5, 0.6) is 5.75 Å². The van der Waals surface area contributed by atoms with E-state index in [-0.39, 0.29) is 5.91 Å². The summed E-state index contributed by atoms with van der Waals surface area (Å²) < 4.78 is 5.56. The third-order valence-electron chi connectivity index (χ3n) is 8.65. The summed E-state index contributed by atoms with van der Waals surface area (Å²) in [6.07, 6.45) is 1.01. The lowest BCUT2D eigenvalue weighted by atomic mass is 10.00. The molecule has 0 bridgehead atoms. The summed E-state index contributed by atoms with van der Waals surface area (Å²) in [5, 5.41) is 7.73. The Labute approximate surface area is 240 Å². The fourth-order valence-corrected chi connectivity index (χ4v) is 6.13. The van der Waals surface area contributed by atoms with Gasteiger partial charge in [0.2, 0.25) is 0 Å². The molecule has 3 heterocycles. The van der Waals surface area contributed by atoms with Crippen molar-refractivity contribution in [2.45, 2.75) is 25.8 Å². The van der Waals surface area contributed by atoms with E-state index < -0.39 is 0 Å². The molecule has 1 aliphatic carbocycles. The first-order valence-corrected chi connectivity index (χ1v) is 14.5. The van der Waals surface area contributed by atoms with Crippen molar-refractivity contribution in [1.82, 2.24) is 14.8 Å². The molecule has 41 heavy (non-hydrogen) atoms. The van der Waals surface area contributed by atoms with Gasteiger partial charge in [0, 0.05) is 61.0 Å². The maximum absolute atomic E-state index is 13.2. The highest BCUT2D eigenvalue weighted by molar-refractivity contribution is 6.05. The van der Waals surface area contributed by atoms with Gasteiger partial charge in [-0.2, -0.15) is 0 Å². The Hall–Kier alpha value is -4.20. The number of likely N-dealkylation sites (N-methyl/N-ethyl adjacent to an activating group) is 1. The van der Waals surface area contributed by atoms with Crippen LogP contribution >= 0.6 is 0 Å². The molecular weight excluding hydrogens is 510 g/mol. The van der Waals surface area contributed by atoms with Gasteiger partial charge in [0.1, 0.15) is 11.3 Å². The van der Waals surface area contributed by atoms with E-state index in [2.05, 4.69) is 57.7 Å². The van der Waals surface area contributed by atoms with E-state index >= 15 is 0 Å². The number of aromatic nitrogens is 1. The average Bonchev–Trinajstić information content (AvgIpc) is 3.82. The lowest BCUT2D eigenvalue weighted by Crippen LogP contribution is -2.45. The Morgan fingerprint density at radius 2 is 1.80 bits per heavy atom. The number of amides is 1. The highest BCUT2D eigenvalue weighted by atomic mass is 16.5. The number of rotatable bonds is 7. The van der Waals surface area contributed by atoms with Crippen molar-refractivity contribution in [2.75, 3.05) is 50.5 Å². The molecule has 3 aliphatic rings. The standard InChI is InChI=1S/C34H35N5O2/c1-3-38-15-17-39(18-16-38)21-22-7-11-25(12-8-22)35-34(40)24-9-13-26-27-20-28(27)33(37-30(26)19-24)29-14-10-23-5-4-6-31(41-2)32(23)36-29/h4-14,19,27,37H,3,15-18,20-21H2,1-2H3,(H,35,40). The topological polar surface area (TPSA) is 69.7 Å². The number of carbonyl (C=O) groups excluding carboxylic acids is 1. The van der Waals surface area contributed by atoms with Gasteiger partial charge in [-0.3, -0.25) is 9.69 Å². The fourth-order valence-electron chi connectivity index (χ4n) is 6.13. The highest BCUT2D eigenvalue weighted by Crippen LogP contribution is 2.56. The van der Waals surface area contributed by atoms with E-state index in [0.29, 0.717) is 11.5 Å². The maximum atomic E-state index is 13.2. The number of hydrogen-bond acceptors (Lipinski definition) is 6. The number of ether oxygens (including phenoxy) is 1. The molecule has 208 valence electrons. The third kappa shape index (κ3) is 5.07. The van der Waals surface area contributed by atoms with Gasteiger partial charge in [0.05, 0.1) is 18.5 Å². The number of nitrogens with zero attached hydrogens (tertiary/aromatic N) is 3. The number of benzene rings is 3. The predicted molar refractivity (Wildman–Crippen MR) is 164 cm³/mol. The fraction of sp³-hybridized carbons (Fsp3) is 0.294. The molecule has 7 rings (SSSR count). The van der Waals surface area contributed by atoms with Crippen molar-refractivity contribution >= 4 is 33.9 Å². The Morgan fingerprint density at radius 1 is 1.00 bits per heavy atom. The second-order valence-corrected chi connectivity index (χ2v) is 11.2. The van der Waals surface area contributed by atoms with E-state index in [4.69, 9.17) is 9.72 Å². The van der Waals surface area contributed by atoms with Crippen LogP contribution in [0.15, 0.2) is 78.4 Å². The second kappa shape index (κ2) is 10.7. The molecule has 1 atom stereocenters. The summed E-state index contributed by atoms with van der Waals surface area (Å²) in [6, 6.07) is 24.3. The van der Waals surface area contributed by atoms with Gasteiger partial charge < -0.3 is 20.3 Å². The van der Waals surface area contributed by atoms with Crippen LogP contribution in [0.3, 0.4) is 0 Å². The van der Waals surface area contributed by atoms with Crippen LogP contribution in [0.2, 0.25) is 0 Å². The van der Waals surface area contributed by atoms with Crippen molar-refractivity contribution in [3.05, 3.63) is 101 Å². The number of methoxy groups -OCH3 is 1. The van der Waals surface area contributed by atoms with Crippen molar-refractivity contribution in [3.8, 4) is 5.75 Å². The zero-order chi connectivity index (χ0) is 27.9. The van der Waals surface area contributed by atoms with Crippen LogP contribution in [0.25, 0.3) is 16.6 Å². The first kappa shape index (κ1) is 25.7. The molecule has 4 aromatic rings. The number of nitrogens with one attached hydrogen (secondary N) is 2. The third-order valence-corrected chi connectivity index (χ3v) is 8.65. The zero-order valence-corrected chi connectivity index (χ0v) is 23.6. The minimum Gasteiger partial charge on any atom is -0.494 e. The van der Waals surface area contributed by atoms with Gasteiger partial charge >= 0.3 is 0 Å². The summed E-state index contributed by atoms with van der Waals surface area (Å²) in [6.45, 7) is 8.76. The molecule has 1 saturated carbocycles. The number of fused-ring (bicyclic) bond motifs is 4. The lowest BCUT2D eigenvalue weighted by molar-refractivity contribution is 0.102. The minimum atomic E-state index is -0.112. The largest absolute Gasteiger partial charge is 0.494 e. The quantitative estimate of drug-likeness (QED) is 0.299. The van der Waals surface area contributed by atoms with Gasteiger partial charge in [0.15, 0.2) is 0 Å². The maximum Gasteiger partial charge on any atom is 0.255 e. The van der Waals surface area contributed by atoms with Crippen LogP contribution in [0, 0.1) is 0 Å². The first-order chi connectivity index (χ1) is 20.1. The minimum absolute atomic E-state index is 0.112. The van der Waals surface area contributed by atoms with Crippen LogP contribution < -0.4 is 15.4 Å². The number of para-hydroxylation sites is 1. The predicted octanol–water partition coefficient (Wildman–Crippen LogP) is 5.96. The van der Waals surface area contributed by atoms with Crippen molar-refractivity contribution in [2.24, 2.45) is 0 Å². The van der Waals surface area contributed by atoms with E-state index in [9.17, 15) is 4.79 Å². The Morgan fingerprint density at radius 3 is 2.59 bits per heavy atom. The first-order valence-electron chi connectivity index (χ1n) is 14.5. The SMILES string of the molecule is CCN1CCN(Cc2ccc(NC(=O)c3ccc4c(c3)NC(c3ccc5cccc(OC)c5n3)=C3CC34)cc2)CC1. The summed E-state index contributed by atoms with van der Waals surface area (Å²) in [5.74, 6) is 1.03. The molecule has 2 aliphatic heterocycles. The molecule has 0 radical (unpaired) electrons. The van der Waals surface area contributed by atoms with E-state index in [0.717, 1.165) is 85.1 Å². The van der Waals surface area contributed by atoms with Crippen LogP contribution in [-0.4, -0.2) is 60.5 Å². The smallest absolute Gasteiger partial charge is 0.255 e. The summed E-state index contributed by atoms with van der Waals surface area (Å²) in [5.41, 5.74) is 9.07. The molecule has 1 amide bonds. The Balaban J connectivity index is 1.04.